The van der Waals surface area contributed by atoms with Crippen LogP contribution >= 0.6 is 39.1 Å². The van der Waals surface area contributed by atoms with Crippen molar-refractivity contribution >= 4 is 50.2 Å². The van der Waals surface area contributed by atoms with Crippen LogP contribution in [0.25, 0.3) is 16.7 Å². The number of aromatic nitrogens is 2. The van der Waals surface area contributed by atoms with Crippen molar-refractivity contribution in [2.75, 3.05) is 0 Å². The van der Waals surface area contributed by atoms with Crippen molar-refractivity contribution in [1.82, 2.24) is 9.55 Å². The van der Waals surface area contributed by atoms with Gasteiger partial charge in [-0.05, 0) is 49.7 Å². The normalized spacial score (nSPS) is 12.8. The van der Waals surface area contributed by atoms with Crippen molar-refractivity contribution < 1.29 is 0 Å². The number of nitrogens with zero attached hydrogens (tertiary/aromatic N) is 2. The van der Waals surface area contributed by atoms with Crippen LogP contribution in [0.5, 0.6) is 0 Å². The maximum atomic E-state index is 6.33. The molecule has 3 rings (SSSR count). The molecule has 108 valence electrons. The number of benzene rings is 2. The standard InChI is InChI=1S/C16H13BrCl2N2/c1-9-3-5-12(19)8-15(9)21-14-6-4-11(17)7-13(14)20-16(21)10(2)18/h3-8,10H,1-2H3. The Morgan fingerprint density at radius 2 is 1.95 bits per heavy atom. The molecule has 0 aliphatic rings. The largest absolute Gasteiger partial charge is 0.295 e. The highest BCUT2D eigenvalue weighted by Crippen LogP contribution is 2.31. The van der Waals surface area contributed by atoms with Gasteiger partial charge in [-0.15, -0.1) is 11.6 Å². The first-order valence-corrected chi connectivity index (χ1v) is 8.16. The van der Waals surface area contributed by atoms with Crippen molar-refractivity contribution in [3.63, 3.8) is 0 Å². The van der Waals surface area contributed by atoms with E-state index in [1.165, 1.54) is 0 Å². The maximum Gasteiger partial charge on any atom is 0.132 e. The molecule has 5 heteroatoms. The molecule has 1 aromatic heterocycles. The van der Waals surface area contributed by atoms with Gasteiger partial charge in [0.05, 0.1) is 22.1 Å². The van der Waals surface area contributed by atoms with Crippen LogP contribution in [0.15, 0.2) is 40.9 Å². The number of alkyl halides is 1. The molecule has 1 heterocycles. The van der Waals surface area contributed by atoms with E-state index in [-0.39, 0.29) is 5.38 Å². The lowest BCUT2D eigenvalue weighted by Crippen LogP contribution is -2.03. The van der Waals surface area contributed by atoms with Crippen molar-refractivity contribution in [1.29, 1.82) is 0 Å². The second-order valence-electron chi connectivity index (χ2n) is 4.99. The number of hydrogen-bond donors (Lipinski definition) is 0. The van der Waals surface area contributed by atoms with Crippen molar-refractivity contribution in [2.45, 2.75) is 19.2 Å². The Balaban J connectivity index is 2.39. The summed E-state index contributed by atoms with van der Waals surface area (Å²) in [6.07, 6.45) is 0. The molecule has 1 atom stereocenters. The lowest BCUT2D eigenvalue weighted by molar-refractivity contribution is 0.878. The molecule has 0 saturated carbocycles. The first-order chi connectivity index (χ1) is 9.97. The number of hydrogen-bond acceptors (Lipinski definition) is 1. The van der Waals surface area contributed by atoms with Crippen LogP contribution in [-0.2, 0) is 0 Å². The monoisotopic (exact) mass is 382 g/mol. The van der Waals surface area contributed by atoms with Crippen LogP contribution in [0, 0.1) is 6.92 Å². The highest BCUT2D eigenvalue weighted by molar-refractivity contribution is 9.10. The quantitative estimate of drug-likeness (QED) is 0.492. The highest BCUT2D eigenvalue weighted by atomic mass is 79.9. The number of aryl methyl sites for hydroxylation is 1. The zero-order valence-corrected chi connectivity index (χ0v) is 14.7. The van der Waals surface area contributed by atoms with E-state index in [9.17, 15) is 0 Å². The van der Waals surface area contributed by atoms with E-state index in [1.807, 2.05) is 43.3 Å². The van der Waals surface area contributed by atoms with Gasteiger partial charge in [0.1, 0.15) is 5.82 Å². The molecule has 0 amide bonds. The second-order valence-corrected chi connectivity index (χ2v) is 6.99. The van der Waals surface area contributed by atoms with Crippen LogP contribution in [0.1, 0.15) is 23.7 Å². The van der Waals surface area contributed by atoms with Gasteiger partial charge in [-0.25, -0.2) is 4.98 Å². The van der Waals surface area contributed by atoms with Gasteiger partial charge in [-0.3, -0.25) is 4.57 Å². The molecule has 0 saturated heterocycles. The molecule has 0 bridgehead atoms. The van der Waals surface area contributed by atoms with E-state index in [2.05, 4.69) is 32.4 Å². The summed E-state index contributed by atoms with van der Waals surface area (Å²) in [6.45, 7) is 3.98. The van der Waals surface area contributed by atoms with E-state index in [0.29, 0.717) is 5.02 Å². The summed E-state index contributed by atoms with van der Waals surface area (Å²) in [4.78, 5) is 4.68. The molecule has 0 spiro atoms. The summed E-state index contributed by atoms with van der Waals surface area (Å²) in [6, 6.07) is 11.9. The first-order valence-electron chi connectivity index (χ1n) is 6.56. The maximum absolute atomic E-state index is 6.33. The fraction of sp³-hybridized carbons (Fsp3) is 0.188. The molecule has 0 N–H and O–H groups in total. The third-order valence-corrected chi connectivity index (χ3v) is 4.33. The Morgan fingerprint density at radius 3 is 2.67 bits per heavy atom. The molecule has 21 heavy (non-hydrogen) atoms. The van der Waals surface area contributed by atoms with Gasteiger partial charge < -0.3 is 0 Å². The van der Waals surface area contributed by atoms with Crippen molar-refractivity contribution in [3.8, 4) is 5.69 Å². The zero-order chi connectivity index (χ0) is 15.1. The van der Waals surface area contributed by atoms with Gasteiger partial charge >= 0.3 is 0 Å². The Hall–Kier alpha value is -1.03. The van der Waals surface area contributed by atoms with Crippen LogP contribution in [0.4, 0.5) is 0 Å². The number of imidazole rings is 1. The van der Waals surface area contributed by atoms with E-state index < -0.39 is 0 Å². The Bertz CT molecular complexity index is 825. The minimum absolute atomic E-state index is 0.199. The first kappa shape index (κ1) is 14.9. The number of fused-ring (bicyclic) bond motifs is 1. The second kappa shape index (κ2) is 5.64. The highest BCUT2D eigenvalue weighted by Gasteiger charge is 2.18. The predicted molar refractivity (Wildman–Crippen MR) is 92.8 cm³/mol. The van der Waals surface area contributed by atoms with Crippen molar-refractivity contribution in [3.05, 3.63) is 57.3 Å². The molecular formula is C16H13BrCl2N2. The van der Waals surface area contributed by atoms with Crippen LogP contribution in [-0.4, -0.2) is 9.55 Å². The van der Waals surface area contributed by atoms with Crippen molar-refractivity contribution in [2.24, 2.45) is 0 Å². The third kappa shape index (κ3) is 2.70. The molecule has 2 nitrogen and oxygen atoms in total. The average molecular weight is 384 g/mol. The summed E-state index contributed by atoms with van der Waals surface area (Å²) in [7, 11) is 0. The Kier molecular flexibility index (Phi) is 4.00. The lowest BCUT2D eigenvalue weighted by atomic mass is 10.2. The van der Waals surface area contributed by atoms with E-state index >= 15 is 0 Å². The lowest BCUT2D eigenvalue weighted by Gasteiger charge is -2.13. The molecule has 0 aliphatic carbocycles. The Labute approximate surface area is 141 Å². The third-order valence-electron chi connectivity index (χ3n) is 3.41. The summed E-state index contributed by atoms with van der Waals surface area (Å²) < 4.78 is 3.08. The smallest absolute Gasteiger partial charge is 0.132 e. The molecule has 1 unspecified atom stereocenters. The molecule has 0 radical (unpaired) electrons. The molecule has 2 aromatic carbocycles. The number of halogens is 3. The van der Waals surface area contributed by atoms with Gasteiger partial charge in [0.15, 0.2) is 0 Å². The fourth-order valence-corrected chi connectivity index (χ4v) is 3.08. The molecule has 0 fully saturated rings. The topological polar surface area (TPSA) is 17.8 Å². The summed E-state index contributed by atoms with van der Waals surface area (Å²) in [5.41, 5.74) is 4.06. The SMILES string of the molecule is Cc1ccc(Cl)cc1-n1c(C(C)Cl)nc2cc(Br)ccc21. The van der Waals surface area contributed by atoms with E-state index in [1.54, 1.807) is 0 Å². The predicted octanol–water partition coefficient (Wildman–Crippen LogP) is 6.05. The van der Waals surface area contributed by atoms with Gasteiger partial charge in [-0.2, -0.15) is 0 Å². The van der Waals surface area contributed by atoms with E-state index in [4.69, 9.17) is 23.2 Å². The zero-order valence-electron chi connectivity index (χ0n) is 11.6. The summed E-state index contributed by atoms with van der Waals surface area (Å²) in [5, 5.41) is 0.497. The van der Waals surface area contributed by atoms with Gasteiger partial charge in [0.2, 0.25) is 0 Å². The number of rotatable bonds is 2. The molecular weight excluding hydrogens is 371 g/mol. The van der Waals surface area contributed by atoms with E-state index in [0.717, 1.165) is 32.6 Å². The van der Waals surface area contributed by atoms with Gasteiger partial charge in [-0.1, -0.05) is 33.6 Å². The molecule has 3 aromatic rings. The van der Waals surface area contributed by atoms with Gasteiger partial charge in [0, 0.05) is 9.50 Å². The fourth-order valence-electron chi connectivity index (χ4n) is 2.42. The van der Waals surface area contributed by atoms with Gasteiger partial charge in [0.25, 0.3) is 0 Å². The minimum atomic E-state index is -0.199. The molecule has 0 aliphatic heterocycles. The summed E-state index contributed by atoms with van der Waals surface area (Å²) >= 11 is 16.0. The van der Waals surface area contributed by atoms with Crippen LogP contribution in [0.2, 0.25) is 5.02 Å². The summed E-state index contributed by atoms with van der Waals surface area (Å²) in [5.74, 6) is 0.815. The van der Waals surface area contributed by atoms with Crippen LogP contribution in [0.3, 0.4) is 0 Å². The average Bonchev–Trinajstić information content (AvgIpc) is 2.80. The van der Waals surface area contributed by atoms with Crippen LogP contribution < -0.4 is 0 Å². The Morgan fingerprint density at radius 1 is 1.19 bits per heavy atom. The minimum Gasteiger partial charge on any atom is -0.295 e.